The summed E-state index contributed by atoms with van der Waals surface area (Å²) >= 11 is 5.90. The smallest absolute Gasteiger partial charge is 0.0952 e. The number of hydrogen-bond acceptors (Lipinski definition) is 2. The minimum absolute atomic E-state index is 0.118. The second-order valence-corrected chi connectivity index (χ2v) is 5.34. The maximum atomic E-state index is 5.95. The molecule has 1 fully saturated rings. The van der Waals surface area contributed by atoms with Crippen LogP contribution in [-0.2, 0) is 4.74 Å². The van der Waals surface area contributed by atoms with Crippen molar-refractivity contribution in [2.45, 2.75) is 44.9 Å². The van der Waals surface area contributed by atoms with Gasteiger partial charge < -0.3 is 10.1 Å². The molecule has 1 N–H and O–H groups in total. The summed E-state index contributed by atoms with van der Waals surface area (Å²) in [5.41, 5.74) is 1.19. The second kappa shape index (κ2) is 5.85. The number of ether oxygens (including phenoxy) is 1. The molecular formula is C14H20ClNO. The number of nitrogens with one attached hydrogen (secondary N) is 1. The fourth-order valence-corrected chi connectivity index (χ4v) is 1.94. The van der Waals surface area contributed by atoms with E-state index in [2.05, 4.69) is 19.2 Å². The first-order chi connectivity index (χ1) is 8.15. The Morgan fingerprint density at radius 2 is 1.94 bits per heavy atom. The molecule has 0 aliphatic heterocycles. The fourth-order valence-electron chi connectivity index (χ4n) is 1.81. The third-order valence-corrected chi connectivity index (χ3v) is 3.10. The molecule has 1 aromatic rings. The lowest BCUT2D eigenvalue weighted by Gasteiger charge is -2.21. The van der Waals surface area contributed by atoms with E-state index in [-0.39, 0.29) is 12.2 Å². The van der Waals surface area contributed by atoms with Crippen LogP contribution in [0.1, 0.15) is 38.4 Å². The first kappa shape index (κ1) is 12.9. The van der Waals surface area contributed by atoms with Crippen molar-refractivity contribution in [3.8, 4) is 0 Å². The quantitative estimate of drug-likeness (QED) is 0.837. The Kier molecular flexibility index (Phi) is 4.43. The predicted molar refractivity (Wildman–Crippen MR) is 71.4 cm³/mol. The molecule has 1 aliphatic rings. The Labute approximate surface area is 108 Å². The molecule has 1 saturated carbocycles. The van der Waals surface area contributed by atoms with E-state index in [1.165, 1.54) is 18.4 Å². The molecular weight excluding hydrogens is 234 g/mol. The summed E-state index contributed by atoms with van der Waals surface area (Å²) < 4.78 is 5.95. The maximum absolute atomic E-state index is 5.95. The van der Waals surface area contributed by atoms with Crippen molar-refractivity contribution in [1.29, 1.82) is 0 Å². The van der Waals surface area contributed by atoms with E-state index in [1.807, 2.05) is 24.3 Å². The first-order valence-corrected chi connectivity index (χ1v) is 6.67. The van der Waals surface area contributed by atoms with Gasteiger partial charge in [0.1, 0.15) is 0 Å². The van der Waals surface area contributed by atoms with E-state index in [4.69, 9.17) is 16.3 Å². The molecule has 0 bridgehead atoms. The van der Waals surface area contributed by atoms with E-state index in [0.717, 1.165) is 11.6 Å². The van der Waals surface area contributed by atoms with Crippen molar-refractivity contribution in [3.63, 3.8) is 0 Å². The van der Waals surface area contributed by atoms with Gasteiger partial charge in [0, 0.05) is 17.6 Å². The molecule has 2 rings (SSSR count). The Morgan fingerprint density at radius 3 is 2.47 bits per heavy atom. The summed E-state index contributed by atoms with van der Waals surface area (Å²) in [5, 5.41) is 4.29. The molecule has 3 heteroatoms. The van der Waals surface area contributed by atoms with Crippen molar-refractivity contribution >= 4 is 11.6 Å². The van der Waals surface area contributed by atoms with Gasteiger partial charge in [0.2, 0.25) is 0 Å². The highest BCUT2D eigenvalue weighted by atomic mass is 35.5. The van der Waals surface area contributed by atoms with Gasteiger partial charge in [-0.05, 0) is 44.4 Å². The van der Waals surface area contributed by atoms with Crippen LogP contribution in [0.5, 0.6) is 0 Å². The summed E-state index contributed by atoms with van der Waals surface area (Å²) in [6.45, 7) is 5.02. The van der Waals surface area contributed by atoms with Crippen LogP contribution in [0.25, 0.3) is 0 Å². The standard InChI is InChI=1S/C14H20ClNO/c1-10(2)17-14(9-16-13-7-8-13)11-3-5-12(15)6-4-11/h3-6,10,13-14,16H,7-9H2,1-2H3. The summed E-state index contributed by atoms with van der Waals surface area (Å²) in [5.74, 6) is 0. The summed E-state index contributed by atoms with van der Waals surface area (Å²) in [6.07, 6.45) is 2.95. The molecule has 0 saturated heterocycles. The lowest BCUT2D eigenvalue weighted by Crippen LogP contribution is -2.26. The highest BCUT2D eigenvalue weighted by molar-refractivity contribution is 6.30. The molecule has 94 valence electrons. The Balaban J connectivity index is 1.99. The third-order valence-electron chi connectivity index (χ3n) is 2.85. The summed E-state index contributed by atoms with van der Waals surface area (Å²) in [4.78, 5) is 0. The second-order valence-electron chi connectivity index (χ2n) is 4.91. The molecule has 0 aromatic heterocycles. The molecule has 1 aliphatic carbocycles. The van der Waals surface area contributed by atoms with E-state index < -0.39 is 0 Å². The van der Waals surface area contributed by atoms with Crippen LogP contribution in [0, 0.1) is 0 Å². The molecule has 1 unspecified atom stereocenters. The van der Waals surface area contributed by atoms with Gasteiger partial charge in [-0.3, -0.25) is 0 Å². The minimum atomic E-state index is 0.118. The number of halogens is 1. The van der Waals surface area contributed by atoms with Crippen LogP contribution in [-0.4, -0.2) is 18.7 Å². The zero-order valence-electron chi connectivity index (χ0n) is 10.4. The molecule has 2 nitrogen and oxygen atoms in total. The van der Waals surface area contributed by atoms with Gasteiger partial charge in [0.05, 0.1) is 12.2 Å². The van der Waals surface area contributed by atoms with Gasteiger partial charge in [0.25, 0.3) is 0 Å². The average molecular weight is 254 g/mol. The first-order valence-electron chi connectivity index (χ1n) is 6.29. The molecule has 0 amide bonds. The van der Waals surface area contributed by atoms with Crippen molar-refractivity contribution in [2.24, 2.45) is 0 Å². The molecule has 0 spiro atoms. The van der Waals surface area contributed by atoms with E-state index >= 15 is 0 Å². The predicted octanol–water partition coefficient (Wildman–Crippen LogP) is 3.56. The van der Waals surface area contributed by atoms with E-state index in [1.54, 1.807) is 0 Å². The average Bonchev–Trinajstić information content (AvgIpc) is 3.09. The van der Waals surface area contributed by atoms with Crippen LogP contribution in [0.15, 0.2) is 24.3 Å². The molecule has 1 atom stereocenters. The topological polar surface area (TPSA) is 21.3 Å². The molecule has 17 heavy (non-hydrogen) atoms. The van der Waals surface area contributed by atoms with Crippen LogP contribution in [0.4, 0.5) is 0 Å². The maximum Gasteiger partial charge on any atom is 0.0952 e. The van der Waals surface area contributed by atoms with Gasteiger partial charge in [0.15, 0.2) is 0 Å². The van der Waals surface area contributed by atoms with Crippen molar-refractivity contribution in [3.05, 3.63) is 34.9 Å². The van der Waals surface area contributed by atoms with Gasteiger partial charge in [-0.1, -0.05) is 23.7 Å². The Hall–Kier alpha value is -0.570. The highest BCUT2D eigenvalue weighted by Gasteiger charge is 2.23. The minimum Gasteiger partial charge on any atom is -0.370 e. The lowest BCUT2D eigenvalue weighted by molar-refractivity contribution is 0.00693. The fraction of sp³-hybridized carbons (Fsp3) is 0.571. The van der Waals surface area contributed by atoms with Gasteiger partial charge in [-0.2, -0.15) is 0 Å². The van der Waals surface area contributed by atoms with Crippen molar-refractivity contribution in [1.82, 2.24) is 5.32 Å². The molecule has 0 radical (unpaired) electrons. The van der Waals surface area contributed by atoms with Crippen LogP contribution in [0.3, 0.4) is 0 Å². The monoisotopic (exact) mass is 253 g/mol. The zero-order valence-corrected chi connectivity index (χ0v) is 11.2. The van der Waals surface area contributed by atoms with E-state index in [9.17, 15) is 0 Å². The number of hydrogen-bond donors (Lipinski definition) is 1. The summed E-state index contributed by atoms with van der Waals surface area (Å²) in [7, 11) is 0. The van der Waals surface area contributed by atoms with Gasteiger partial charge in [-0.15, -0.1) is 0 Å². The highest BCUT2D eigenvalue weighted by Crippen LogP contribution is 2.24. The lowest BCUT2D eigenvalue weighted by atomic mass is 10.1. The largest absolute Gasteiger partial charge is 0.370 e. The Bertz CT molecular complexity index is 346. The van der Waals surface area contributed by atoms with Crippen LogP contribution < -0.4 is 5.32 Å². The molecule has 0 heterocycles. The van der Waals surface area contributed by atoms with Gasteiger partial charge in [-0.25, -0.2) is 0 Å². The van der Waals surface area contributed by atoms with Gasteiger partial charge >= 0.3 is 0 Å². The van der Waals surface area contributed by atoms with Crippen LogP contribution >= 0.6 is 11.6 Å². The summed E-state index contributed by atoms with van der Waals surface area (Å²) in [6, 6.07) is 8.64. The van der Waals surface area contributed by atoms with Crippen molar-refractivity contribution in [2.75, 3.05) is 6.54 Å². The normalized spacial score (nSPS) is 17.4. The van der Waals surface area contributed by atoms with Crippen LogP contribution in [0.2, 0.25) is 5.02 Å². The Morgan fingerprint density at radius 1 is 1.29 bits per heavy atom. The third kappa shape index (κ3) is 4.30. The van der Waals surface area contributed by atoms with Crippen molar-refractivity contribution < 1.29 is 4.74 Å². The number of rotatable bonds is 6. The SMILES string of the molecule is CC(C)OC(CNC1CC1)c1ccc(Cl)cc1. The zero-order chi connectivity index (χ0) is 12.3. The molecule has 1 aromatic carbocycles. The number of benzene rings is 1. The van der Waals surface area contributed by atoms with E-state index in [0.29, 0.717) is 6.04 Å².